The maximum absolute atomic E-state index is 13.4. The summed E-state index contributed by atoms with van der Waals surface area (Å²) in [5.41, 5.74) is -1.88. The van der Waals surface area contributed by atoms with Gasteiger partial charge in [-0.15, -0.1) is 0 Å². The summed E-state index contributed by atoms with van der Waals surface area (Å²) in [5.74, 6) is -2.08. The molecular formula is C10H9F4NO. The fourth-order valence-electron chi connectivity index (χ4n) is 1.15. The first-order valence-electron chi connectivity index (χ1n) is 4.45. The molecule has 88 valence electrons. The predicted molar refractivity (Wildman–Crippen MR) is 49.9 cm³/mol. The van der Waals surface area contributed by atoms with Crippen LogP contribution in [0.1, 0.15) is 18.1 Å². The molecule has 0 aliphatic heterocycles. The minimum atomic E-state index is -4.77. The highest BCUT2D eigenvalue weighted by Gasteiger charge is 2.35. The first-order chi connectivity index (χ1) is 7.38. The second kappa shape index (κ2) is 4.51. The van der Waals surface area contributed by atoms with Crippen molar-refractivity contribution in [1.29, 1.82) is 5.41 Å². The second-order valence-electron chi connectivity index (χ2n) is 2.93. The fourth-order valence-corrected chi connectivity index (χ4v) is 1.15. The van der Waals surface area contributed by atoms with E-state index in [0.29, 0.717) is 6.07 Å². The molecule has 0 fully saturated rings. The van der Waals surface area contributed by atoms with Gasteiger partial charge in [-0.1, -0.05) is 6.07 Å². The van der Waals surface area contributed by atoms with Crippen molar-refractivity contribution in [2.75, 3.05) is 6.61 Å². The number of hydrogen-bond acceptors (Lipinski definition) is 2. The zero-order valence-corrected chi connectivity index (χ0v) is 8.36. The molecule has 0 spiro atoms. The molecule has 1 aromatic rings. The number of rotatable bonds is 2. The van der Waals surface area contributed by atoms with E-state index in [-0.39, 0.29) is 6.61 Å². The lowest BCUT2D eigenvalue weighted by Crippen LogP contribution is -2.14. The lowest BCUT2D eigenvalue weighted by atomic mass is 10.1. The lowest BCUT2D eigenvalue weighted by Gasteiger charge is -2.11. The van der Waals surface area contributed by atoms with Crippen LogP contribution in [0.3, 0.4) is 0 Å². The van der Waals surface area contributed by atoms with Gasteiger partial charge in [0.2, 0.25) is 5.90 Å². The van der Waals surface area contributed by atoms with Crippen molar-refractivity contribution < 1.29 is 22.3 Å². The zero-order chi connectivity index (χ0) is 12.3. The van der Waals surface area contributed by atoms with E-state index in [1.54, 1.807) is 6.92 Å². The van der Waals surface area contributed by atoms with Crippen LogP contribution >= 0.6 is 0 Å². The maximum atomic E-state index is 13.4. The van der Waals surface area contributed by atoms with Crippen molar-refractivity contribution >= 4 is 5.90 Å². The fraction of sp³-hybridized carbons (Fsp3) is 0.300. The SMILES string of the molecule is CCOC(=N)c1cccc(C(F)(F)F)c1F. The highest BCUT2D eigenvalue weighted by atomic mass is 19.4. The molecule has 2 nitrogen and oxygen atoms in total. The Labute approximate surface area is 89.4 Å². The van der Waals surface area contributed by atoms with Gasteiger partial charge >= 0.3 is 6.18 Å². The van der Waals surface area contributed by atoms with Gasteiger partial charge in [-0.05, 0) is 19.1 Å². The first-order valence-corrected chi connectivity index (χ1v) is 4.45. The molecular weight excluding hydrogens is 226 g/mol. The third-order valence-corrected chi connectivity index (χ3v) is 1.84. The van der Waals surface area contributed by atoms with Crippen LogP contribution in [0, 0.1) is 11.2 Å². The van der Waals surface area contributed by atoms with Crippen molar-refractivity contribution in [3.05, 3.63) is 35.1 Å². The minimum Gasteiger partial charge on any atom is -0.478 e. The van der Waals surface area contributed by atoms with Crippen LogP contribution in [0.5, 0.6) is 0 Å². The van der Waals surface area contributed by atoms with Crippen LogP contribution < -0.4 is 0 Å². The summed E-state index contributed by atoms with van der Waals surface area (Å²) in [6.07, 6.45) is -4.77. The maximum Gasteiger partial charge on any atom is 0.419 e. The van der Waals surface area contributed by atoms with E-state index in [9.17, 15) is 17.6 Å². The summed E-state index contributed by atoms with van der Waals surface area (Å²) in [7, 11) is 0. The Hall–Kier alpha value is -1.59. The van der Waals surface area contributed by atoms with E-state index in [0.717, 1.165) is 12.1 Å². The molecule has 16 heavy (non-hydrogen) atoms. The Kier molecular flexibility index (Phi) is 3.51. The molecule has 1 aromatic carbocycles. The van der Waals surface area contributed by atoms with Crippen molar-refractivity contribution in [2.45, 2.75) is 13.1 Å². The first kappa shape index (κ1) is 12.5. The lowest BCUT2D eigenvalue weighted by molar-refractivity contribution is -0.140. The predicted octanol–water partition coefficient (Wildman–Crippen LogP) is 3.21. The van der Waals surface area contributed by atoms with Gasteiger partial charge in [-0.25, -0.2) is 4.39 Å². The number of nitrogens with one attached hydrogen (secondary N) is 1. The molecule has 6 heteroatoms. The Morgan fingerprint density at radius 3 is 2.50 bits per heavy atom. The Bertz CT molecular complexity index is 400. The largest absolute Gasteiger partial charge is 0.478 e. The number of hydrogen-bond donors (Lipinski definition) is 1. The van der Waals surface area contributed by atoms with Crippen LogP contribution in [-0.2, 0) is 10.9 Å². The van der Waals surface area contributed by atoms with E-state index in [2.05, 4.69) is 4.74 Å². The van der Waals surface area contributed by atoms with E-state index in [4.69, 9.17) is 5.41 Å². The minimum absolute atomic E-state index is 0.0918. The summed E-state index contributed by atoms with van der Waals surface area (Å²) >= 11 is 0. The molecule has 0 radical (unpaired) electrons. The third kappa shape index (κ3) is 2.50. The Balaban J connectivity index is 3.19. The topological polar surface area (TPSA) is 33.1 Å². The van der Waals surface area contributed by atoms with E-state index in [1.807, 2.05) is 0 Å². The van der Waals surface area contributed by atoms with Crippen LogP contribution in [0.25, 0.3) is 0 Å². The van der Waals surface area contributed by atoms with Gasteiger partial charge in [-0.3, -0.25) is 5.41 Å². The summed E-state index contributed by atoms with van der Waals surface area (Å²) < 4.78 is 55.0. The molecule has 0 saturated heterocycles. The monoisotopic (exact) mass is 235 g/mol. The molecule has 0 aliphatic rings. The molecule has 0 unspecified atom stereocenters. The van der Waals surface area contributed by atoms with Gasteiger partial charge < -0.3 is 4.74 Å². The third-order valence-electron chi connectivity index (χ3n) is 1.84. The van der Waals surface area contributed by atoms with E-state index >= 15 is 0 Å². The number of alkyl halides is 3. The summed E-state index contributed by atoms with van der Waals surface area (Å²) in [5, 5.41) is 7.24. The normalized spacial score (nSPS) is 11.3. The molecule has 1 N–H and O–H groups in total. The smallest absolute Gasteiger partial charge is 0.419 e. The van der Waals surface area contributed by atoms with Gasteiger partial charge in [0, 0.05) is 0 Å². The Morgan fingerprint density at radius 2 is 2.00 bits per heavy atom. The van der Waals surface area contributed by atoms with Gasteiger partial charge in [0.05, 0.1) is 17.7 Å². The average molecular weight is 235 g/mol. The highest BCUT2D eigenvalue weighted by Crippen LogP contribution is 2.32. The van der Waals surface area contributed by atoms with Crippen molar-refractivity contribution in [2.24, 2.45) is 0 Å². The van der Waals surface area contributed by atoms with Crippen molar-refractivity contribution in [3.63, 3.8) is 0 Å². The van der Waals surface area contributed by atoms with Gasteiger partial charge in [0.1, 0.15) is 5.82 Å². The standard InChI is InChI=1S/C10H9F4NO/c1-2-16-9(15)6-4-3-5-7(8(6)11)10(12,13)14/h3-5,15H,2H2,1H3. The summed E-state index contributed by atoms with van der Waals surface area (Å²) in [6, 6.07) is 2.73. The molecule has 0 amide bonds. The van der Waals surface area contributed by atoms with Crippen LogP contribution in [-0.4, -0.2) is 12.5 Å². The van der Waals surface area contributed by atoms with Gasteiger partial charge in [0.15, 0.2) is 0 Å². The summed E-state index contributed by atoms with van der Waals surface area (Å²) in [4.78, 5) is 0. The van der Waals surface area contributed by atoms with Gasteiger partial charge in [0.25, 0.3) is 0 Å². The van der Waals surface area contributed by atoms with E-state index in [1.165, 1.54) is 0 Å². The molecule has 1 rings (SSSR count). The summed E-state index contributed by atoms with van der Waals surface area (Å²) in [6.45, 7) is 1.65. The number of halogens is 4. The molecule has 0 aliphatic carbocycles. The highest BCUT2D eigenvalue weighted by molar-refractivity contribution is 5.92. The van der Waals surface area contributed by atoms with Crippen LogP contribution in [0.4, 0.5) is 17.6 Å². The van der Waals surface area contributed by atoms with Crippen LogP contribution in [0.2, 0.25) is 0 Å². The van der Waals surface area contributed by atoms with E-state index < -0.39 is 29.0 Å². The molecule has 0 bridgehead atoms. The number of benzene rings is 1. The quantitative estimate of drug-likeness (QED) is 0.476. The molecule has 0 heterocycles. The van der Waals surface area contributed by atoms with Crippen molar-refractivity contribution in [3.8, 4) is 0 Å². The number of ether oxygens (including phenoxy) is 1. The van der Waals surface area contributed by atoms with Crippen LogP contribution in [0.15, 0.2) is 18.2 Å². The van der Waals surface area contributed by atoms with Gasteiger partial charge in [-0.2, -0.15) is 13.2 Å². The molecule has 0 atom stereocenters. The second-order valence-corrected chi connectivity index (χ2v) is 2.93. The molecule has 0 saturated carbocycles. The average Bonchev–Trinajstić information content (AvgIpc) is 2.16. The molecule has 0 aromatic heterocycles. The van der Waals surface area contributed by atoms with Crippen molar-refractivity contribution in [1.82, 2.24) is 0 Å². The zero-order valence-electron chi connectivity index (χ0n) is 8.36. The Morgan fingerprint density at radius 1 is 1.38 bits per heavy atom.